The van der Waals surface area contributed by atoms with Gasteiger partial charge in [0.1, 0.15) is 0 Å². The van der Waals surface area contributed by atoms with E-state index < -0.39 is 11.6 Å². The van der Waals surface area contributed by atoms with Crippen molar-refractivity contribution in [2.24, 2.45) is 0 Å². The van der Waals surface area contributed by atoms with E-state index in [0.29, 0.717) is 19.3 Å². The fraction of sp³-hybridized carbons (Fsp3) is 0.462. The lowest BCUT2D eigenvalue weighted by Crippen LogP contribution is -2.47. The number of fused-ring (bicyclic) bond motifs is 1. The molecule has 0 fully saturated rings. The predicted octanol–water partition coefficient (Wildman–Crippen LogP) is 1.01. The van der Waals surface area contributed by atoms with E-state index in [-0.39, 0.29) is 13.2 Å². The molecule has 1 aromatic carbocycles. The maximum absolute atomic E-state index is 11.4. The summed E-state index contributed by atoms with van der Waals surface area (Å²) >= 11 is 0. The van der Waals surface area contributed by atoms with Gasteiger partial charge in [0.15, 0.2) is 5.60 Å². The minimum atomic E-state index is -1.17. The molecule has 0 spiro atoms. The van der Waals surface area contributed by atoms with Crippen molar-refractivity contribution >= 4 is 5.97 Å². The summed E-state index contributed by atoms with van der Waals surface area (Å²) in [5.74, 6) is -0.944. The lowest BCUT2D eigenvalue weighted by Gasteiger charge is -2.34. The fourth-order valence-electron chi connectivity index (χ4n) is 2.31. The molecule has 4 nitrogen and oxygen atoms in total. The van der Waals surface area contributed by atoms with Crippen molar-refractivity contribution in [3.8, 4) is 0 Å². The van der Waals surface area contributed by atoms with Gasteiger partial charge < -0.3 is 14.9 Å². The van der Waals surface area contributed by atoms with E-state index in [1.165, 1.54) is 5.56 Å². The summed E-state index contributed by atoms with van der Waals surface area (Å²) in [5, 5.41) is 18.1. The van der Waals surface area contributed by atoms with Crippen LogP contribution in [0.15, 0.2) is 24.3 Å². The van der Waals surface area contributed by atoms with Gasteiger partial charge in [0.2, 0.25) is 0 Å². The Balaban J connectivity index is 2.24. The Labute approximate surface area is 99.8 Å². The summed E-state index contributed by atoms with van der Waals surface area (Å²) in [5.41, 5.74) is 1.05. The number of hydrogen-bond acceptors (Lipinski definition) is 3. The van der Waals surface area contributed by atoms with Gasteiger partial charge >= 0.3 is 5.97 Å². The number of rotatable bonds is 4. The highest BCUT2D eigenvalue weighted by Gasteiger charge is 2.42. The summed E-state index contributed by atoms with van der Waals surface area (Å²) in [6.07, 6.45) is 1.53. The molecule has 2 N–H and O–H groups in total. The zero-order valence-corrected chi connectivity index (χ0v) is 9.56. The largest absolute Gasteiger partial charge is 0.479 e. The van der Waals surface area contributed by atoms with Crippen LogP contribution >= 0.6 is 0 Å². The van der Waals surface area contributed by atoms with Crippen LogP contribution in [0.25, 0.3) is 0 Å². The molecule has 1 unspecified atom stereocenters. The third-order valence-corrected chi connectivity index (χ3v) is 3.25. The van der Waals surface area contributed by atoms with E-state index in [1.807, 2.05) is 24.3 Å². The summed E-state index contributed by atoms with van der Waals surface area (Å²) in [6.45, 7) is -0.0921. The molecule has 1 aliphatic carbocycles. The number of aliphatic hydroxyl groups excluding tert-OH is 1. The summed E-state index contributed by atoms with van der Waals surface area (Å²) in [7, 11) is 0. The Kier molecular flexibility index (Phi) is 3.45. The highest BCUT2D eigenvalue weighted by molar-refractivity contribution is 5.78. The minimum absolute atomic E-state index is 0.0640. The van der Waals surface area contributed by atoms with Crippen molar-refractivity contribution in [1.29, 1.82) is 0 Å². The third kappa shape index (κ3) is 2.33. The number of aliphatic hydroxyl groups is 1. The molecule has 0 aliphatic heterocycles. The second-order valence-corrected chi connectivity index (χ2v) is 4.32. The van der Waals surface area contributed by atoms with Crippen molar-refractivity contribution in [1.82, 2.24) is 0 Å². The average molecular weight is 236 g/mol. The Bertz CT molecular complexity index is 416. The first kappa shape index (κ1) is 12.1. The van der Waals surface area contributed by atoms with Crippen molar-refractivity contribution in [3.05, 3.63) is 35.4 Å². The van der Waals surface area contributed by atoms with E-state index in [2.05, 4.69) is 0 Å². The molecule has 1 aromatic rings. The van der Waals surface area contributed by atoms with Gasteiger partial charge in [0.05, 0.1) is 13.2 Å². The number of benzene rings is 1. The fourth-order valence-corrected chi connectivity index (χ4v) is 2.31. The van der Waals surface area contributed by atoms with Crippen molar-refractivity contribution in [3.63, 3.8) is 0 Å². The van der Waals surface area contributed by atoms with Crippen LogP contribution in [-0.4, -0.2) is 35.0 Å². The Morgan fingerprint density at radius 2 is 2.06 bits per heavy atom. The van der Waals surface area contributed by atoms with Crippen LogP contribution in [0.5, 0.6) is 0 Å². The molecule has 0 aromatic heterocycles. The molecule has 0 saturated heterocycles. The SMILES string of the molecule is O=C(O)C1(OCCO)CCc2ccccc2C1. The molecule has 1 atom stereocenters. The van der Waals surface area contributed by atoms with Crippen molar-refractivity contribution in [2.75, 3.05) is 13.2 Å². The van der Waals surface area contributed by atoms with E-state index in [9.17, 15) is 9.90 Å². The first-order chi connectivity index (χ1) is 8.18. The normalized spacial score (nSPS) is 23.1. The Morgan fingerprint density at radius 3 is 2.71 bits per heavy atom. The number of carboxylic acid groups (broad SMARTS) is 1. The predicted molar refractivity (Wildman–Crippen MR) is 61.9 cm³/mol. The van der Waals surface area contributed by atoms with E-state index in [1.54, 1.807) is 0 Å². The number of carbonyl (C=O) groups is 1. The summed E-state index contributed by atoms with van der Waals surface area (Å²) < 4.78 is 5.39. The smallest absolute Gasteiger partial charge is 0.336 e. The van der Waals surface area contributed by atoms with E-state index in [4.69, 9.17) is 9.84 Å². The van der Waals surface area contributed by atoms with Gasteiger partial charge in [-0.3, -0.25) is 0 Å². The van der Waals surface area contributed by atoms with Crippen LogP contribution in [-0.2, 0) is 22.4 Å². The van der Waals surface area contributed by atoms with Crippen LogP contribution in [0.2, 0.25) is 0 Å². The van der Waals surface area contributed by atoms with Gasteiger partial charge in [0, 0.05) is 6.42 Å². The maximum Gasteiger partial charge on any atom is 0.336 e. The van der Waals surface area contributed by atoms with Crippen LogP contribution in [0.4, 0.5) is 0 Å². The monoisotopic (exact) mass is 236 g/mol. The summed E-state index contributed by atoms with van der Waals surface area (Å²) in [4.78, 5) is 11.4. The van der Waals surface area contributed by atoms with Gasteiger partial charge in [-0.25, -0.2) is 4.79 Å². The average Bonchev–Trinajstić information content (AvgIpc) is 2.36. The third-order valence-electron chi connectivity index (χ3n) is 3.25. The van der Waals surface area contributed by atoms with Gasteiger partial charge in [-0.05, 0) is 24.0 Å². The van der Waals surface area contributed by atoms with Gasteiger partial charge in [-0.1, -0.05) is 24.3 Å². The van der Waals surface area contributed by atoms with Crippen molar-refractivity contribution < 1.29 is 19.7 Å². The maximum atomic E-state index is 11.4. The van der Waals surface area contributed by atoms with Crippen LogP contribution in [0, 0.1) is 0 Å². The number of aryl methyl sites for hydroxylation is 1. The summed E-state index contributed by atoms with van der Waals surface area (Å²) in [6, 6.07) is 7.83. The standard InChI is InChI=1S/C13H16O4/c14-7-8-17-13(12(15)16)6-5-10-3-1-2-4-11(10)9-13/h1-4,14H,5-9H2,(H,15,16). The molecular formula is C13H16O4. The number of aliphatic carboxylic acids is 1. The molecule has 92 valence electrons. The lowest BCUT2D eigenvalue weighted by atomic mass is 9.80. The molecule has 1 aliphatic rings. The molecule has 0 heterocycles. The highest BCUT2D eigenvalue weighted by atomic mass is 16.5. The van der Waals surface area contributed by atoms with Gasteiger partial charge in [-0.2, -0.15) is 0 Å². The molecule has 0 amide bonds. The Hall–Kier alpha value is -1.39. The van der Waals surface area contributed by atoms with Crippen LogP contribution < -0.4 is 0 Å². The van der Waals surface area contributed by atoms with Crippen LogP contribution in [0.1, 0.15) is 17.5 Å². The minimum Gasteiger partial charge on any atom is -0.479 e. The van der Waals surface area contributed by atoms with E-state index in [0.717, 1.165) is 5.56 Å². The number of hydrogen-bond donors (Lipinski definition) is 2. The topological polar surface area (TPSA) is 66.8 Å². The molecule has 0 radical (unpaired) electrons. The number of ether oxygens (including phenoxy) is 1. The second-order valence-electron chi connectivity index (χ2n) is 4.32. The zero-order chi connectivity index (χ0) is 12.3. The first-order valence-electron chi connectivity index (χ1n) is 5.73. The van der Waals surface area contributed by atoms with Gasteiger partial charge in [-0.15, -0.1) is 0 Å². The molecule has 2 rings (SSSR count). The highest BCUT2D eigenvalue weighted by Crippen LogP contribution is 2.31. The van der Waals surface area contributed by atoms with Gasteiger partial charge in [0.25, 0.3) is 0 Å². The van der Waals surface area contributed by atoms with Crippen molar-refractivity contribution in [2.45, 2.75) is 24.9 Å². The Morgan fingerprint density at radius 1 is 1.35 bits per heavy atom. The molecule has 4 heteroatoms. The molecule has 17 heavy (non-hydrogen) atoms. The zero-order valence-electron chi connectivity index (χ0n) is 9.56. The number of carboxylic acids is 1. The van der Waals surface area contributed by atoms with E-state index >= 15 is 0 Å². The second kappa shape index (κ2) is 4.85. The molecular weight excluding hydrogens is 220 g/mol. The molecule has 0 bridgehead atoms. The quantitative estimate of drug-likeness (QED) is 0.818. The lowest BCUT2D eigenvalue weighted by molar-refractivity contribution is -0.169. The first-order valence-corrected chi connectivity index (χ1v) is 5.73. The van der Waals surface area contributed by atoms with Crippen LogP contribution in [0.3, 0.4) is 0 Å². The molecule has 0 saturated carbocycles.